The van der Waals surface area contributed by atoms with E-state index in [-0.39, 0.29) is 11.9 Å². The van der Waals surface area contributed by atoms with E-state index in [2.05, 4.69) is 18.3 Å². The van der Waals surface area contributed by atoms with Gasteiger partial charge in [0.15, 0.2) is 6.04 Å². The quantitative estimate of drug-likeness (QED) is 0.868. The fourth-order valence-electron chi connectivity index (χ4n) is 2.63. The van der Waals surface area contributed by atoms with Crippen LogP contribution in [0.25, 0.3) is 0 Å². The van der Waals surface area contributed by atoms with Crippen LogP contribution in [-0.4, -0.2) is 25.0 Å². The number of likely N-dealkylation sites (tertiary alicyclic amines) is 1. The number of benzene rings is 1. The molecule has 1 amide bonds. The van der Waals surface area contributed by atoms with Crippen LogP contribution >= 0.6 is 0 Å². The van der Waals surface area contributed by atoms with E-state index < -0.39 is 0 Å². The molecule has 1 aromatic carbocycles. The van der Waals surface area contributed by atoms with Crippen LogP contribution in [0.1, 0.15) is 32.3 Å². The molecule has 1 aliphatic rings. The summed E-state index contributed by atoms with van der Waals surface area (Å²) in [5, 5.41) is 11.7. The summed E-state index contributed by atoms with van der Waals surface area (Å²) in [5.41, 5.74) is 1.36. The van der Waals surface area contributed by atoms with Gasteiger partial charge in [-0.05, 0) is 49.9 Å². The van der Waals surface area contributed by atoms with Crippen molar-refractivity contribution in [1.82, 2.24) is 0 Å². The smallest absolute Gasteiger partial charge is 0.282 e. The highest BCUT2D eigenvalue weighted by Gasteiger charge is 2.28. The van der Waals surface area contributed by atoms with Gasteiger partial charge >= 0.3 is 0 Å². The number of hydrogen-bond acceptors (Lipinski definition) is 2. The molecule has 0 radical (unpaired) electrons. The molecule has 1 atom stereocenters. The Morgan fingerprint density at radius 3 is 2.50 bits per heavy atom. The molecule has 1 aromatic rings. The molecule has 0 bridgehead atoms. The molecule has 0 unspecified atom stereocenters. The van der Waals surface area contributed by atoms with Crippen molar-refractivity contribution in [3.8, 4) is 6.07 Å². The van der Waals surface area contributed by atoms with Crippen molar-refractivity contribution in [2.24, 2.45) is 5.92 Å². The van der Waals surface area contributed by atoms with Crippen molar-refractivity contribution >= 4 is 11.6 Å². The van der Waals surface area contributed by atoms with Crippen LogP contribution in [0.3, 0.4) is 0 Å². The number of rotatable bonds is 3. The zero-order valence-electron chi connectivity index (χ0n) is 12.1. The summed E-state index contributed by atoms with van der Waals surface area (Å²) in [4.78, 5) is 13.6. The average molecular weight is 272 g/mol. The molecule has 4 nitrogen and oxygen atoms in total. The Morgan fingerprint density at radius 1 is 1.35 bits per heavy atom. The van der Waals surface area contributed by atoms with E-state index in [0.29, 0.717) is 5.56 Å². The van der Waals surface area contributed by atoms with Crippen LogP contribution < -0.4 is 10.2 Å². The highest BCUT2D eigenvalue weighted by Crippen LogP contribution is 2.10. The predicted molar refractivity (Wildman–Crippen MR) is 78.3 cm³/mol. The van der Waals surface area contributed by atoms with E-state index in [0.717, 1.165) is 24.7 Å². The number of nitrogens with one attached hydrogen (secondary N) is 2. The highest BCUT2D eigenvalue weighted by atomic mass is 16.2. The zero-order valence-corrected chi connectivity index (χ0v) is 12.1. The van der Waals surface area contributed by atoms with Gasteiger partial charge in [0.1, 0.15) is 0 Å². The number of quaternary nitrogens is 1. The summed E-state index contributed by atoms with van der Waals surface area (Å²) >= 11 is 0. The maximum Gasteiger partial charge on any atom is 0.282 e. The molecule has 20 heavy (non-hydrogen) atoms. The first kappa shape index (κ1) is 14.5. The van der Waals surface area contributed by atoms with Crippen LogP contribution in [0.15, 0.2) is 24.3 Å². The van der Waals surface area contributed by atoms with Crippen molar-refractivity contribution in [2.75, 3.05) is 18.4 Å². The van der Waals surface area contributed by atoms with Crippen LogP contribution in [0.5, 0.6) is 0 Å². The van der Waals surface area contributed by atoms with Gasteiger partial charge in [-0.3, -0.25) is 4.79 Å². The molecular weight excluding hydrogens is 250 g/mol. The van der Waals surface area contributed by atoms with E-state index in [9.17, 15) is 4.79 Å². The molecule has 0 spiro atoms. The number of hydrogen-bond donors (Lipinski definition) is 2. The third-order valence-corrected chi connectivity index (χ3v) is 4.20. The lowest BCUT2D eigenvalue weighted by Crippen LogP contribution is -3.17. The topological polar surface area (TPSA) is 57.3 Å². The maximum absolute atomic E-state index is 12.3. The van der Waals surface area contributed by atoms with Crippen LogP contribution in [0.2, 0.25) is 0 Å². The van der Waals surface area contributed by atoms with Crippen LogP contribution in [0.4, 0.5) is 5.69 Å². The van der Waals surface area contributed by atoms with E-state index in [4.69, 9.17) is 5.26 Å². The second kappa shape index (κ2) is 6.53. The highest BCUT2D eigenvalue weighted by molar-refractivity contribution is 5.93. The Morgan fingerprint density at radius 2 is 1.95 bits per heavy atom. The zero-order chi connectivity index (χ0) is 14.5. The fraction of sp³-hybridized carbons (Fsp3) is 0.500. The third kappa shape index (κ3) is 3.58. The normalized spacial score (nSPS) is 23.6. The minimum absolute atomic E-state index is 0.0295. The van der Waals surface area contributed by atoms with E-state index in [1.807, 2.05) is 6.92 Å². The fourth-order valence-corrected chi connectivity index (χ4v) is 2.63. The van der Waals surface area contributed by atoms with E-state index in [1.165, 1.54) is 17.7 Å². The number of piperidine rings is 1. The van der Waals surface area contributed by atoms with Crippen molar-refractivity contribution in [3.05, 3.63) is 29.8 Å². The number of nitrogens with zero attached hydrogens (tertiary/aromatic N) is 1. The molecule has 1 fully saturated rings. The SMILES string of the molecule is CC1CC[NH+]([C@@H](C)C(=O)Nc2ccc(C#N)cc2)CC1. The summed E-state index contributed by atoms with van der Waals surface area (Å²) in [7, 11) is 0. The summed E-state index contributed by atoms with van der Waals surface area (Å²) in [6.45, 7) is 6.41. The lowest BCUT2D eigenvalue weighted by molar-refractivity contribution is -0.919. The van der Waals surface area contributed by atoms with Crippen molar-refractivity contribution in [2.45, 2.75) is 32.7 Å². The molecule has 0 aromatic heterocycles. The van der Waals surface area contributed by atoms with Crippen LogP contribution in [0, 0.1) is 17.2 Å². The Balaban J connectivity index is 1.91. The first-order chi connectivity index (χ1) is 9.60. The van der Waals surface area contributed by atoms with Gasteiger partial charge < -0.3 is 10.2 Å². The van der Waals surface area contributed by atoms with E-state index >= 15 is 0 Å². The first-order valence-electron chi connectivity index (χ1n) is 7.25. The molecule has 1 saturated heterocycles. The van der Waals surface area contributed by atoms with Crippen molar-refractivity contribution in [1.29, 1.82) is 5.26 Å². The van der Waals surface area contributed by atoms with Gasteiger partial charge in [-0.1, -0.05) is 6.92 Å². The lowest BCUT2D eigenvalue weighted by Gasteiger charge is -2.31. The largest absolute Gasteiger partial charge is 0.325 e. The van der Waals surface area contributed by atoms with Gasteiger partial charge in [-0.15, -0.1) is 0 Å². The molecule has 4 heteroatoms. The van der Waals surface area contributed by atoms with Crippen LogP contribution in [-0.2, 0) is 4.79 Å². The lowest BCUT2D eigenvalue weighted by atomic mass is 9.98. The van der Waals surface area contributed by atoms with Crippen molar-refractivity contribution in [3.63, 3.8) is 0 Å². The molecule has 106 valence electrons. The number of nitriles is 1. The van der Waals surface area contributed by atoms with Gasteiger partial charge in [0.2, 0.25) is 0 Å². The summed E-state index contributed by atoms with van der Waals surface area (Å²) in [6, 6.07) is 9.02. The second-order valence-electron chi connectivity index (χ2n) is 5.74. The maximum atomic E-state index is 12.3. The molecule has 1 heterocycles. The van der Waals surface area contributed by atoms with E-state index in [1.54, 1.807) is 24.3 Å². The minimum atomic E-state index is -0.0295. The van der Waals surface area contributed by atoms with Crippen molar-refractivity contribution < 1.29 is 9.69 Å². The summed E-state index contributed by atoms with van der Waals surface area (Å²) in [5.74, 6) is 0.840. The third-order valence-electron chi connectivity index (χ3n) is 4.20. The minimum Gasteiger partial charge on any atom is -0.325 e. The number of carbonyl (C=O) groups excluding carboxylic acids is 1. The Hall–Kier alpha value is -1.86. The Labute approximate surface area is 120 Å². The van der Waals surface area contributed by atoms with Gasteiger partial charge in [0, 0.05) is 5.69 Å². The molecule has 0 saturated carbocycles. The Kier molecular flexibility index (Phi) is 4.75. The molecule has 1 aliphatic heterocycles. The second-order valence-corrected chi connectivity index (χ2v) is 5.74. The van der Waals surface area contributed by atoms with Gasteiger partial charge in [0.05, 0.1) is 24.7 Å². The summed E-state index contributed by atoms with van der Waals surface area (Å²) < 4.78 is 0. The monoisotopic (exact) mass is 272 g/mol. The first-order valence-corrected chi connectivity index (χ1v) is 7.25. The number of anilines is 1. The molecular formula is C16H22N3O+. The molecule has 2 rings (SSSR count). The number of carbonyl (C=O) groups is 1. The standard InChI is InChI=1S/C16H21N3O/c1-12-7-9-19(10-8-12)13(2)16(20)18-15-5-3-14(11-17)4-6-15/h3-6,12-13H,7-10H2,1-2H3,(H,18,20)/p+1/t13-/m0/s1. The Bertz CT molecular complexity index is 495. The van der Waals surface area contributed by atoms with Gasteiger partial charge in [-0.2, -0.15) is 5.26 Å². The summed E-state index contributed by atoms with van der Waals surface area (Å²) in [6.07, 6.45) is 2.40. The molecule has 0 aliphatic carbocycles. The number of amides is 1. The van der Waals surface area contributed by atoms with Gasteiger partial charge in [0.25, 0.3) is 5.91 Å². The predicted octanol–water partition coefficient (Wildman–Crippen LogP) is 1.20. The van der Waals surface area contributed by atoms with Gasteiger partial charge in [-0.25, -0.2) is 0 Å². The molecule has 2 N–H and O–H groups in total. The average Bonchev–Trinajstić information content (AvgIpc) is 2.48.